The highest BCUT2D eigenvalue weighted by Crippen LogP contribution is 2.40. The Bertz CT molecular complexity index is 1780. The van der Waals surface area contributed by atoms with Crippen LogP contribution in [-0.4, -0.2) is 81.7 Å². The van der Waals surface area contributed by atoms with Gasteiger partial charge < -0.3 is 24.3 Å². The third kappa shape index (κ3) is 7.09. The maximum Gasteiger partial charge on any atom is 0.293 e. The number of benzene rings is 3. The number of hydrogen-bond donors (Lipinski definition) is 1. The number of fused-ring (bicyclic) bond motifs is 1. The Balaban J connectivity index is 1.30. The lowest BCUT2D eigenvalue weighted by atomic mass is 9.95. The predicted octanol–water partition coefficient (Wildman–Crippen LogP) is 4.08. The summed E-state index contributed by atoms with van der Waals surface area (Å²) in [5, 5.41) is 2.26. The van der Waals surface area contributed by atoms with Gasteiger partial charge in [-0.1, -0.05) is 24.3 Å². The van der Waals surface area contributed by atoms with Crippen LogP contribution in [0.25, 0.3) is 6.08 Å². The van der Waals surface area contributed by atoms with E-state index in [1.54, 1.807) is 30.3 Å². The third-order valence-corrected chi connectivity index (χ3v) is 10.5. The summed E-state index contributed by atoms with van der Waals surface area (Å²) in [6.07, 6.45) is 1.72. The molecule has 1 atom stereocenters. The van der Waals surface area contributed by atoms with Crippen molar-refractivity contribution in [2.45, 2.75) is 30.8 Å². The van der Waals surface area contributed by atoms with Crippen LogP contribution in [0.4, 0.5) is 4.79 Å². The van der Waals surface area contributed by atoms with Gasteiger partial charge in [-0.2, -0.15) is 4.31 Å². The Hall–Kier alpha value is -4.53. The van der Waals surface area contributed by atoms with Crippen LogP contribution in [0.3, 0.4) is 0 Å². The second kappa shape index (κ2) is 14.5. The summed E-state index contributed by atoms with van der Waals surface area (Å²) in [4.78, 5) is 40.8. The van der Waals surface area contributed by atoms with Gasteiger partial charge in [-0.25, -0.2) is 8.42 Å². The maximum absolute atomic E-state index is 13.8. The zero-order chi connectivity index (χ0) is 33.7. The first-order valence-corrected chi connectivity index (χ1v) is 17.0. The molecule has 14 heteroatoms. The van der Waals surface area contributed by atoms with E-state index < -0.39 is 33.1 Å². The van der Waals surface area contributed by atoms with Gasteiger partial charge >= 0.3 is 0 Å². The highest BCUT2D eigenvalue weighted by atomic mass is 32.2. The number of hydrogen-bond acceptors (Lipinski definition) is 10. The van der Waals surface area contributed by atoms with Crippen LogP contribution < -0.4 is 24.3 Å². The summed E-state index contributed by atoms with van der Waals surface area (Å²) in [6.45, 7) is 2.12. The molecule has 0 radical (unpaired) electrons. The summed E-state index contributed by atoms with van der Waals surface area (Å²) in [6, 6.07) is 15.7. The van der Waals surface area contributed by atoms with Crippen molar-refractivity contribution in [1.82, 2.24) is 14.5 Å². The van der Waals surface area contributed by atoms with E-state index in [1.807, 2.05) is 31.2 Å². The number of carbonyl (C=O) groups is 3. The number of carbonyl (C=O) groups excluding carboxylic acids is 3. The lowest BCUT2D eigenvalue weighted by molar-refractivity contribution is -0.126. The molecule has 0 spiro atoms. The number of amides is 3. The second-order valence-corrected chi connectivity index (χ2v) is 13.4. The predicted molar refractivity (Wildman–Crippen MR) is 176 cm³/mol. The number of sulfonamides is 1. The number of nitrogens with zero attached hydrogens (tertiary/aromatic N) is 2. The largest absolute Gasteiger partial charge is 0.494 e. The number of methoxy groups -OCH3 is 3. The topological polar surface area (TPSA) is 141 Å². The van der Waals surface area contributed by atoms with Gasteiger partial charge in [0, 0.05) is 19.6 Å². The zero-order valence-electron chi connectivity index (χ0n) is 26.3. The monoisotopic (exact) mass is 681 g/mol. The van der Waals surface area contributed by atoms with Gasteiger partial charge in [0.25, 0.3) is 11.1 Å². The minimum atomic E-state index is -4.08. The molecule has 3 amide bonds. The van der Waals surface area contributed by atoms with Gasteiger partial charge in [0.1, 0.15) is 11.8 Å². The van der Waals surface area contributed by atoms with Crippen molar-refractivity contribution in [2.75, 3.05) is 41.0 Å². The van der Waals surface area contributed by atoms with E-state index in [9.17, 15) is 22.8 Å². The van der Waals surface area contributed by atoms with Crippen LogP contribution in [0.1, 0.15) is 23.6 Å². The molecule has 5 rings (SSSR count). The molecule has 0 bridgehead atoms. The Labute approximate surface area is 277 Å². The number of imide groups is 1. The van der Waals surface area contributed by atoms with Gasteiger partial charge in [0.15, 0.2) is 11.5 Å². The molecule has 0 saturated carbocycles. The standard InChI is InChI=1S/C33H35N3O9S2/c1-5-45-24-10-12-25(13-11-24)47(40,41)36-20-23-9-7-6-8-22(23)19-26(36)31(37)34-14-15-35-32(38)29(46-33(35)39)18-21-16-27(42-2)30(44-4)28(17-21)43-3/h6-13,16-18,26H,5,14-15,19-20H2,1-4H3,(H,34,37)/b29-18+/t26-/m1/s1. The van der Waals surface area contributed by atoms with Crippen molar-refractivity contribution in [1.29, 1.82) is 0 Å². The molecule has 3 aromatic carbocycles. The molecule has 12 nitrogen and oxygen atoms in total. The average molecular weight is 682 g/mol. The first-order chi connectivity index (χ1) is 22.6. The maximum atomic E-state index is 13.8. The molecule has 2 aliphatic rings. The number of nitrogens with one attached hydrogen (secondary N) is 1. The molecule has 0 unspecified atom stereocenters. The van der Waals surface area contributed by atoms with Gasteiger partial charge in [-0.15, -0.1) is 0 Å². The Morgan fingerprint density at radius 1 is 0.979 bits per heavy atom. The molecule has 1 fully saturated rings. The van der Waals surface area contributed by atoms with Crippen LogP contribution in [0, 0.1) is 0 Å². The molecule has 47 heavy (non-hydrogen) atoms. The van der Waals surface area contributed by atoms with Gasteiger partial charge in [-0.3, -0.25) is 19.3 Å². The molecule has 3 aromatic rings. The van der Waals surface area contributed by atoms with Gasteiger partial charge in [0.2, 0.25) is 21.7 Å². The summed E-state index contributed by atoms with van der Waals surface area (Å²) >= 11 is 0.774. The van der Waals surface area contributed by atoms with Crippen LogP contribution >= 0.6 is 11.8 Å². The minimum absolute atomic E-state index is 0.0125. The molecule has 2 aliphatic heterocycles. The first kappa shape index (κ1) is 33.8. The highest BCUT2D eigenvalue weighted by molar-refractivity contribution is 8.18. The van der Waals surface area contributed by atoms with E-state index in [-0.39, 0.29) is 35.9 Å². The SMILES string of the molecule is CCOc1ccc(S(=O)(=O)N2Cc3ccccc3C[C@@H]2C(=O)NCCN2C(=O)S/C(=C/c3cc(OC)c(OC)c(OC)c3)C2=O)cc1. The van der Waals surface area contributed by atoms with Crippen LogP contribution in [0.15, 0.2) is 70.5 Å². The lowest BCUT2D eigenvalue weighted by Gasteiger charge is -2.35. The second-order valence-electron chi connectivity index (χ2n) is 10.5. The van der Waals surface area contributed by atoms with Crippen molar-refractivity contribution in [3.05, 3.63) is 82.3 Å². The molecule has 0 aromatic heterocycles. The minimum Gasteiger partial charge on any atom is -0.494 e. The molecule has 0 aliphatic carbocycles. The lowest BCUT2D eigenvalue weighted by Crippen LogP contribution is -2.53. The fourth-order valence-corrected chi connectivity index (χ4v) is 7.85. The summed E-state index contributed by atoms with van der Waals surface area (Å²) in [7, 11) is 0.356. The van der Waals surface area contributed by atoms with Crippen molar-refractivity contribution in [2.24, 2.45) is 0 Å². The third-order valence-electron chi connectivity index (χ3n) is 7.74. The molecular weight excluding hydrogens is 647 g/mol. The average Bonchev–Trinajstić information content (AvgIpc) is 3.34. The zero-order valence-corrected chi connectivity index (χ0v) is 28.0. The van der Waals surface area contributed by atoms with E-state index in [1.165, 1.54) is 37.8 Å². The highest BCUT2D eigenvalue weighted by Gasteiger charge is 2.40. The van der Waals surface area contributed by atoms with Gasteiger partial charge in [0.05, 0.1) is 37.7 Å². The fraction of sp³-hybridized carbons (Fsp3) is 0.303. The fourth-order valence-electron chi connectivity index (χ4n) is 5.42. The summed E-state index contributed by atoms with van der Waals surface area (Å²) < 4.78 is 50.4. The molecule has 2 heterocycles. The molecule has 248 valence electrons. The van der Waals surface area contributed by atoms with Crippen molar-refractivity contribution in [3.63, 3.8) is 0 Å². The van der Waals surface area contributed by atoms with Crippen molar-refractivity contribution < 1.29 is 41.7 Å². The van der Waals surface area contributed by atoms with Crippen LogP contribution in [-0.2, 0) is 32.6 Å². The Morgan fingerprint density at radius 3 is 2.26 bits per heavy atom. The van der Waals surface area contributed by atoms with E-state index in [0.29, 0.717) is 35.2 Å². The van der Waals surface area contributed by atoms with Gasteiger partial charge in [-0.05, 0) is 84.3 Å². The Morgan fingerprint density at radius 2 is 1.64 bits per heavy atom. The quantitative estimate of drug-likeness (QED) is 0.278. The number of rotatable bonds is 12. The van der Waals surface area contributed by atoms with E-state index >= 15 is 0 Å². The molecule has 1 N–H and O–H groups in total. The Kier molecular flexibility index (Phi) is 10.4. The summed E-state index contributed by atoms with van der Waals surface area (Å²) in [5.41, 5.74) is 2.24. The van der Waals surface area contributed by atoms with Crippen molar-refractivity contribution in [3.8, 4) is 23.0 Å². The number of ether oxygens (including phenoxy) is 4. The van der Waals surface area contributed by atoms with E-state index in [0.717, 1.165) is 27.8 Å². The van der Waals surface area contributed by atoms with Crippen LogP contribution in [0.5, 0.6) is 23.0 Å². The smallest absolute Gasteiger partial charge is 0.293 e. The normalized spacial score (nSPS) is 17.4. The van der Waals surface area contributed by atoms with E-state index in [4.69, 9.17) is 18.9 Å². The van der Waals surface area contributed by atoms with Crippen molar-refractivity contribution >= 4 is 44.9 Å². The number of thioether (sulfide) groups is 1. The van der Waals surface area contributed by atoms with E-state index in [2.05, 4.69) is 5.32 Å². The molecular formula is C33H35N3O9S2. The summed E-state index contributed by atoms with van der Waals surface area (Å²) in [5.74, 6) is 0.662. The van der Waals surface area contributed by atoms with Crippen LogP contribution in [0.2, 0.25) is 0 Å². The first-order valence-electron chi connectivity index (χ1n) is 14.8. The molecule has 1 saturated heterocycles.